The lowest BCUT2D eigenvalue weighted by atomic mass is 9.79. The first-order chi connectivity index (χ1) is 9.47. The van der Waals surface area contributed by atoms with Crippen LogP contribution < -0.4 is 10.2 Å². The molecule has 0 spiro atoms. The normalized spacial score (nSPS) is 16.6. The highest BCUT2D eigenvalue weighted by Crippen LogP contribution is 2.19. The van der Waals surface area contributed by atoms with Crippen LogP contribution in [0.15, 0.2) is 18.2 Å². The third kappa shape index (κ3) is 4.13. The van der Waals surface area contributed by atoms with Gasteiger partial charge in [-0.15, -0.1) is 0 Å². The zero-order valence-corrected chi connectivity index (χ0v) is 11.1. The van der Waals surface area contributed by atoms with E-state index < -0.39 is 18.3 Å². The fourth-order valence-corrected chi connectivity index (χ4v) is 2.38. The summed E-state index contributed by atoms with van der Waals surface area (Å²) in [6.07, 6.45) is 3.03. The lowest BCUT2D eigenvalue weighted by Crippen LogP contribution is -2.36. The van der Waals surface area contributed by atoms with Crippen molar-refractivity contribution in [2.45, 2.75) is 19.3 Å². The van der Waals surface area contributed by atoms with Crippen LogP contribution in [-0.4, -0.2) is 38.1 Å². The van der Waals surface area contributed by atoms with E-state index in [-0.39, 0.29) is 12.4 Å². The minimum Gasteiger partial charge on any atom is -0.497 e. The van der Waals surface area contributed by atoms with Crippen molar-refractivity contribution >= 4 is 12.4 Å². The molecule has 0 aromatic heterocycles. The van der Waals surface area contributed by atoms with Crippen LogP contribution in [0.4, 0.5) is 17.3 Å². The topological polar surface area (TPSA) is 12.5 Å². The molecule has 0 radical (unpaired) electrons. The molecule has 1 heterocycles. The van der Waals surface area contributed by atoms with Gasteiger partial charge in [0.1, 0.15) is 5.82 Å². The lowest BCUT2D eigenvalue weighted by molar-refractivity contribution is 0.263. The quantitative estimate of drug-likeness (QED) is 0.454. The molecule has 0 saturated carbocycles. The summed E-state index contributed by atoms with van der Waals surface area (Å²) in [7, 11) is 0. The maximum atomic E-state index is 12.9. The second kappa shape index (κ2) is 6.48. The first-order valence-corrected chi connectivity index (χ1v) is 6.81. The molecule has 2 nitrogen and oxygen atoms in total. The van der Waals surface area contributed by atoms with E-state index in [0.29, 0.717) is 12.5 Å². The number of halogens is 4. The van der Waals surface area contributed by atoms with Crippen molar-refractivity contribution in [2.24, 2.45) is 0 Å². The number of ether oxygens (including phenoxy) is 1. The highest BCUT2D eigenvalue weighted by atomic mass is 19.4. The van der Waals surface area contributed by atoms with Gasteiger partial charge in [-0.1, -0.05) is 5.46 Å². The minimum atomic E-state index is -5.26. The Morgan fingerprint density at radius 2 is 1.85 bits per heavy atom. The van der Waals surface area contributed by atoms with Crippen molar-refractivity contribution in [3.8, 4) is 5.75 Å². The standard InChI is InChI=1S/C13H17BF4NO/c15-11-4-5-13(12(10-11)14(16,17)18)20-9-3-8-19-6-1-2-7-19/h4-5,10H,1-3,6-9H2/q-1. The maximum absolute atomic E-state index is 12.9. The van der Waals surface area contributed by atoms with E-state index in [1.54, 1.807) is 0 Å². The van der Waals surface area contributed by atoms with E-state index in [1.807, 2.05) is 0 Å². The van der Waals surface area contributed by atoms with E-state index in [9.17, 15) is 17.3 Å². The summed E-state index contributed by atoms with van der Waals surface area (Å²) in [5, 5.41) is 0. The van der Waals surface area contributed by atoms with Gasteiger partial charge in [0.2, 0.25) is 0 Å². The minimum absolute atomic E-state index is 0.210. The Morgan fingerprint density at radius 3 is 2.50 bits per heavy atom. The van der Waals surface area contributed by atoms with E-state index in [1.165, 1.54) is 12.8 Å². The van der Waals surface area contributed by atoms with Gasteiger partial charge in [0.05, 0.1) is 12.4 Å². The molecule has 112 valence electrons. The van der Waals surface area contributed by atoms with E-state index in [4.69, 9.17) is 4.74 Å². The molecule has 20 heavy (non-hydrogen) atoms. The summed E-state index contributed by atoms with van der Waals surface area (Å²) in [5.41, 5.74) is -0.994. The molecular formula is C13H17BF4NO-. The summed E-state index contributed by atoms with van der Waals surface area (Å²) in [5.74, 6) is -1.18. The zero-order chi connectivity index (χ0) is 14.6. The van der Waals surface area contributed by atoms with E-state index in [0.717, 1.165) is 31.8 Å². The Balaban J connectivity index is 1.88. The molecule has 0 aliphatic carbocycles. The number of hydrogen-bond donors (Lipinski definition) is 0. The van der Waals surface area contributed by atoms with Crippen molar-refractivity contribution in [2.75, 3.05) is 26.2 Å². The van der Waals surface area contributed by atoms with Crippen LogP contribution >= 0.6 is 0 Å². The van der Waals surface area contributed by atoms with Crippen LogP contribution in [-0.2, 0) is 0 Å². The van der Waals surface area contributed by atoms with Crippen molar-refractivity contribution in [1.82, 2.24) is 4.90 Å². The van der Waals surface area contributed by atoms with Crippen LogP contribution in [0, 0.1) is 5.82 Å². The predicted octanol–water partition coefficient (Wildman–Crippen LogP) is 2.74. The fourth-order valence-electron chi connectivity index (χ4n) is 2.38. The summed E-state index contributed by atoms with van der Waals surface area (Å²) in [6, 6.07) is 2.53. The molecule has 1 aliphatic rings. The van der Waals surface area contributed by atoms with Gasteiger partial charge >= 0.3 is 6.98 Å². The molecule has 7 heteroatoms. The zero-order valence-electron chi connectivity index (χ0n) is 11.1. The summed E-state index contributed by atoms with van der Waals surface area (Å²) >= 11 is 0. The van der Waals surface area contributed by atoms with Crippen LogP contribution in [0.2, 0.25) is 0 Å². The Labute approximate surface area is 115 Å². The summed E-state index contributed by atoms with van der Waals surface area (Å²) in [4.78, 5) is 2.27. The van der Waals surface area contributed by atoms with Crippen molar-refractivity contribution in [3.63, 3.8) is 0 Å². The van der Waals surface area contributed by atoms with Gasteiger partial charge in [0, 0.05) is 6.54 Å². The molecule has 0 unspecified atom stereocenters. The van der Waals surface area contributed by atoms with Gasteiger partial charge in [-0.2, -0.15) is 0 Å². The number of likely N-dealkylation sites (tertiary alicyclic amines) is 1. The number of benzene rings is 1. The Kier molecular flexibility index (Phi) is 4.91. The van der Waals surface area contributed by atoms with Crippen molar-refractivity contribution in [1.29, 1.82) is 0 Å². The monoisotopic (exact) mass is 290 g/mol. The first-order valence-electron chi connectivity index (χ1n) is 6.81. The summed E-state index contributed by atoms with van der Waals surface area (Å²) < 4.78 is 56.5. The largest absolute Gasteiger partial charge is 0.513 e. The first kappa shape index (κ1) is 15.2. The third-order valence-corrected chi connectivity index (χ3v) is 3.40. The lowest BCUT2D eigenvalue weighted by Gasteiger charge is -2.20. The Bertz CT molecular complexity index is 446. The number of hydrogen-bond acceptors (Lipinski definition) is 2. The Hall–Kier alpha value is -1.24. The van der Waals surface area contributed by atoms with Gasteiger partial charge in [-0.05, 0) is 50.6 Å². The molecule has 0 bridgehead atoms. The second-order valence-electron chi connectivity index (χ2n) is 5.01. The molecule has 0 N–H and O–H groups in total. The second-order valence-corrected chi connectivity index (χ2v) is 5.01. The molecule has 1 aromatic carbocycles. The molecule has 1 aromatic rings. The SMILES string of the molecule is Fc1ccc(OCCCN2CCCC2)c([B-](F)(F)F)c1. The highest BCUT2D eigenvalue weighted by molar-refractivity contribution is 6.74. The highest BCUT2D eigenvalue weighted by Gasteiger charge is 2.29. The molecule has 0 atom stereocenters. The van der Waals surface area contributed by atoms with Crippen LogP contribution in [0.1, 0.15) is 19.3 Å². The average Bonchev–Trinajstić information content (AvgIpc) is 2.88. The predicted molar refractivity (Wildman–Crippen MR) is 70.9 cm³/mol. The molecular weight excluding hydrogens is 273 g/mol. The third-order valence-electron chi connectivity index (χ3n) is 3.40. The Morgan fingerprint density at radius 1 is 1.15 bits per heavy atom. The van der Waals surface area contributed by atoms with E-state index in [2.05, 4.69) is 4.90 Å². The summed E-state index contributed by atoms with van der Waals surface area (Å²) in [6.45, 7) is -2.13. The van der Waals surface area contributed by atoms with Crippen LogP contribution in [0.5, 0.6) is 5.75 Å². The molecule has 1 fully saturated rings. The van der Waals surface area contributed by atoms with Gasteiger partial charge < -0.3 is 22.6 Å². The molecule has 1 aliphatic heterocycles. The van der Waals surface area contributed by atoms with Crippen LogP contribution in [0.25, 0.3) is 0 Å². The van der Waals surface area contributed by atoms with E-state index >= 15 is 0 Å². The fraction of sp³-hybridized carbons (Fsp3) is 0.538. The van der Waals surface area contributed by atoms with Gasteiger partial charge in [0.25, 0.3) is 0 Å². The molecule has 1 saturated heterocycles. The number of rotatable bonds is 6. The molecule has 0 amide bonds. The van der Waals surface area contributed by atoms with Gasteiger partial charge in [0.15, 0.2) is 0 Å². The van der Waals surface area contributed by atoms with Crippen molar-refractivity contribution < 1.29 is 22.1 Å². The van der Waals surface area contributed by atoms with Crippen molar-refractivity contribution in [3.05, 3.63) is 24.0 Å². The smallest absolute Gasteiger partial charge is 0.497 e. The molecule has 2 rings (SSSR count). The number of nitrogens with zero attached hydrogens (tertiary/aromatic N) is 1. The maximum Gasteiger partial charge on any atom is 0.513 e. The van der Waals surface area contributed by atoms with Crippen LogP contribution in [0.3, 0.4) is 0 Å². The average molecular weight is 290 g/mol. The van der Waals surface area contributed by atoms with Gasteiger partial charge in [-0.3, -0.25) is 0 Å². The van der Waals surface area contributed by atoms with Gasteiger partial charge in [-0.25, -0.2) is 4.39 Å².